The molecule has 180 valence electrons. The van der Waals surface area contributed by atoms with Gasteiger partial charge in [0.25, 0.3) is 0 Å². The van der Waals surface area contributed by atoms with Crippen LogP contribution < -0.4 is 15.0 Å². The number of amides is 1. The number of rotatable bonds is 10. The van der Waals surface area contributed by atoms with Gasteiger partial charge < -0.3 is 24.6 Å². The van der Waals surface area contributed by atoms with Crippen LogP contribution >= 0.6 is 23.1 Å². The third kappa shape index (κ3) is 6.85. The molecule has 1 aliphatic rings. The lowest BCUT2D eigenvalue weighted by Gasteiger charge is -2.29. The first kappa shape index (κ1) is 24.3. The predicted molar refractivity (Wildman–Crippen MR) is 137 cm³/mol. The van der Waals surface area contributed by atoms with Gasteiger partial charge in [0, 0.05) is 38.1 Å². The Kier molecular flexibility index (Phi) is 8.62. The number of hydrogen-bond acceptors (Lipinski definition) is 9. The molecule has 1 amide bonds. The molecule has 0 radical (unpaired) electrons. The summed E-state index contributed by atoms with van der Waals surface area (Å²) in [6, 6.07) is 16.1. The van der Waals surface area contributed by atoms with Gasteiger partial charge in [0.2, 0.25) is 11.0 Å². The second kappa shape index (κ2) is 12.0. The maximum absolute atomic E-state index is 12.6. The van der Waals surface area contributed by atoms with Gasteiger partial charge in [0.15, 0.2) is 4.34 Å². The highest BCUT2D eigenvalue weighted by atomic mass is 32.2. The van der Waals surface area contributed by atoms with Crippen molar-refractivity contribution in [3.05, 3.63) is 54.1 Å². The molecule has 10 heteroatoms. The number of hydrogen-bond donors (Lipinski definition) is 1. The maximum Gasteiger partial charge on any atom is 0.233 e. The van der Waals surface area contributed by atoms with E-state index in [9.17, 15) is 4.79 Å². The summed E-state index contributed by atoms with van der Waals surface area (Å²) in [7, 11) is 1.83. The van der Waals surface area contributed by atoms with Gasteiger partial charge in [-0.1, -0.05) is 35.2 Å². The molecule has 1 N–H and O–H groups in total. The van der Waals surface area contributed by atoms with Crippen molar-refractivity contribution in [2.24, 2.45) is 0 Å². The molecule has 0 bridgehead atoms. The lowest BCUT2D eigenvalue weighted by molar-refractivity contribution is -0.127. The van der Waals surface area contributed by atoms with E-state index in [1.807, 2.05) is 38.2 Å². The van der Waals surface area contributed by atoms with Crippen molar-refractivity contribution in [1.29, 1.82) is 0 Å². The average molecular weight is 500 g/mol. The van der Waals surface area contributed by atoms with Crippen molar-refractivity contribution in [2.75, 3.05) is 55.9 Å². The fourth-order valence-corrected chi connectivity index (χ4v) is 5.19. The summed E-state index contributed by atoms with van der Waals surface area (Å²) in [4.78, 5) is 16.7. The molecule has 0 atom stereocenters. The highest BCUT2D eigenvalue weighted by Crippen LogP contribution is 2.28. The van der Waals surface area contributed by atoms with Crippen LogP contribution in [-0.2, 0) is 16.1 Å². The number of benzene rings is 2. The van der Waals surface area contributed by atoms with E-state index < -0.39 is 0 Å². The van der Waals surface area contributed by atoms with Crippen molar-refractivity contribution in [1.82, 2.24) is 15.1 Å². The summed E-state index contributed by atoms with van der Waals surface area (Å²) in [6.45, 7) is 6.53. The van der Waals surface area contributed by atoms with Crippen molar-refractivity contribution in [2.45, 2.75) is 17.8 Å². The zero-order valence-corrected chi connectivity index (χ0v) is 21.0. The number of nitrogens with one attached hydrogen (secondary N) is 1. The molecular weight excluding hydrogens is 470 g/mol. The molecule has 0 spiro atoms. The van der Waals surface area contributed by atoms with E-state index >= 15 is 0 Å². The molecular formula is C24H29N5O3S2. The van der Waals surface area contributed by atoms with Gasteiger partial charge in [-0.3, -0.25) is 4.79 Å². The first-order valence-electron chi connectivity index (χ1n) is 11.2. The van der Waals surface area contributed by atoms with E-state index in [0.29, 0.717) is 24.0 Å². The van der Waals surface area contributed by atoms with Crippen molar-refractivity contribution >= 4 is 45.5 Å². The van der Waals surface area contributed by atoms with Crippen LogP contribution in [0.3, 0.4) is 0 Å². The minimum absolute atomic E-state index is 0.0541. The van der Waals surface area contributed by atoms with Gasteiger partial charge in [0.05, 0.1) is 25.6 Å². The van der Waals surface area contributed by atoms with E-state index in [0.717, 1.165) is 47.6 Å². The van der Waals surface area contributed by atoms with Gasteiger partial charge in [-0.15, -0.1) is 10.2 Å². The van der Waals surface area contributed by atoms with Crippen LogP contribution in [0.1, 0.15) is 12.5 Å². The van der Waals surface area contributed by atoms with Gasteiger partial charge in [-0.25, -0.2) is 0 Å². The third-order valence-corrected chi connectivity index (χ3v) is 7.26. The van der Waals surface area contributed by atoms with E-state index in [1.54, 1.807) is 4.90 Å². The number of carbonyl (C=O) groups excluding carboxylic acids is 1. The Morgan fingerprint density at radius 1 is 1.15 bits per heavy atom. The van der Waals surface area contributed by atoms with Gasteiger partial charge in [0.1, 0.15) is 5.75 Å². The number of thioether (sulfide) groups is 1. The average Bonchev–Trinajstić information content (AvgIpc) is 3.32. The normalized spacial score (nSPS) is 13.5. The number of anilines is 3. The lowest BCUT2D eigenvalue weighted by atomic mass is 10.2. The second-order valence-electron chi connectivity index (χ2n) is 7.76. The standard InChI is InChI=1S/C24H29N5O3S2/c1-3-32-21-10-6-19(7-11-21)25-23-26-27-24(34-23)33-17-22(30)28(2)16-18-4-8-20(9-5-18)29-12-14-31-15-13-29/h4-11H,3,12-17H2,1-2H3,(H,25,26). The lowest BCUT2D eigenvalue weighted by Crippen LogP contribution is -2.36. The first-order chi connectivity index (χ1) is 16.6. The van der Waals surface area contributed by atoms with Crippen LogP contribution in [0.2, 0.25) is 0 Å². The molecule has 2 aromatic carbocycles. The fourth-order valence-electron chi connectivity index (χ4n) is 3.47. The molecule has 4 rings (SSSR count). The summed E-state index contributed by atoms with van der Waals surface area (Å²) in [5, 5.41) is 12.3. The molecule has 3 aromatic rings. The van der Waals surface area contributed by atoms with Crippen LogP contribution in [0.4, 0.5) is 16.5 Å². The van der Waals surface area contributed by atoms with E-state index in [1.165, 1.54) is 28.8 Å². The summed E-state index contributed by atoms with van der Waals surface area (Å²) in [5.41, 5.74) is 3.21. The number of nitrogens with zero attached hydrogens (tertiary/aromatic N) is 4. The maximum atomic E-state index is 12.6. The largest absolute Gasteiger partial charge is 0.494 e. The van der Waals surface area contributed by atoms with E-state index in [4.69, 9.17) is 9.47 Å². The second-order valence-corrected chi connectivity index (χ2v) is 9.96. The van der Waals surface area contributed by atoms with Gasteiger partial charge in [-0.05, 0) is 48.9 Å². The Morgan fingerprint density at radius 2 is 1.88 bits per heavy atom. The third-order valence-electron chi connectivity index (χ3n) is 5.30. The van der Waals surface area contributed by atoms with Crippen LogP contribution in [0.5, 0.6) is 5.75 Å². The Bertz CT molecular complexity index is 1050. The molecule has 1 saturated heterocycles. The predicted octanol–water partition coefficient (Wildman–Crippen LogP) is 4.27. The van der Waals surface area contributed by atoms with Crippen molar-refractivity contribution < 1.29 is 14.3 Å². The molecule has 8 nitrogen and oxygen atoms in total. The summed E-state index contributed by atoms with van der Waals surface area (Å²) in [5.74, 6) is 1.20. The van der Waals surface area contributed by atoms with Crippen molar-refractivity contribution in [3.63, 3.8) is 0 Å². The summed E-state index contributed by atoms with van der Waals surface area (Å²) >= 11 is 2.83. The smallest absolute Gasteiger partial charge is 0.233 e. The van der Waals surface area contributed by atoms with Crippen LogP contribution in [0.25, 0.3) is 0 Å². The van der Waals surface area contributed by atoms with Crippen LogP contribution in [0, 0.1) is 0 Å². The molecule has 2 heterocycles. The summed E-state index contributed by atoms with van der Waals surface area (Å²) in [6.07, 6.45) is 0. The molecule has 1 fully saturated rings. The number of ether oxygens (including phenoxy) is 2. The minimum atomic E-state index is 0.0541. The summed E-state index contributed by atoms with van der Waals surface area (Å²) < 4.78 is 11.6. The molecule has 0 unspecified atom stereocenters. The Hall–Kier alpha value is -2.82. The van der Waals surface area contributed by atoms with E-state index in [-0.39, 0.29) is 5.91 Å². The molecule has 1 aromatic heterocycles. The monoisotopic (exact) mass is 499 g/mol. The number of morpholine rings is 1. The van der Waals surface area contributed by atoms with Gasteiger partial charge >= 0.3 is 0 Å². The zero-order valence-electron chi connectivity index (χ0n) is 19.4. The molecule has 34 heavy (non-hydrogen) atoms. The zero-order chi connectivity index (χ0) is 23.8. The topological polar surface area (TPSA) is 79.8 Å². The highest BCUT2D eigenvalue weighted by molar-refractivity contribution is 8.01. The molecule has 1 aliphatic heterocycles. The highest BCUT2D eigenvalue weighted by Gasteiger charge is 2.14. The van der Waals surface area contributed by atoms with E-state index in [2.05, 4.69) is 44.7 Å². The molecule has 0 saturated carbocycles. The quantitative estimate of drug-likeness (QED) is 0.415. The van der Waals surface area contributed by atoms with Crippen LogP contribution in [0.15, 0.2) is 52.9 Å². The number of aromatic nitrogens is 2. The fraction of sp³-hybridized carbons (Fsp3) is 0.375. The Balaban J connectivity index is 1.23. The minimum Gasteiger partial charge on any atom is -0.494 e. The number of carbonyl (C=O) groups is 1. The SMILES string of the molecule is CCOc1ccc(Nc2nnc(SCC(=O)N(C)Cc3ccc(N4CCOCC4)cc3)s2)cc1. The Morgan fingerprint density at radius 3 is 2.59 bits per heavy atom. The Labute approximate surface area is 208 Å². The molecule has 0 aliphatic carbocycles. The first-order valence-corrected chi connectivity index (χ1v) is 13.0. The van der Waals surface area contributed by atoms with Gasteiger partial charge in [-0.2, -0.15) is 0 Å². The van der Waals surface area contributed by atoms with Crippen LogP contribution in [-0.4, -0.2) is 66.7 Å². The van der Waals surface area contributed by atoms with Crippen molar-refractivity contribution in [3.8, 4) is 5.75 Å².